The standard InChI is InChI=1S/C12H18ClN5O2S/c1-6-8-7-9(17(5)16-8)10-14-15-11(21(13,19)20)18(10)12(2,3)4/h7H,6H2,1-5H3. The van der Waals surface area contributed by atoms with Gasteiger partial charge in [-0.3, -0.25) is 9.25 Å². The third-order valence-corrected chi connectivity index (χ3v) is 4.16. The number of aromatic nitrogens is 5. The highest BCUT2D eigenvalue weighted by Gasteiger charge is 2.31. The Labute approximate surface area is 128 Å². The van der Waals surface area contributed by atoms with E-state index in [0.29, 0.717) is 11.5 Å². The number of nitrogens with zero attached hydrogens (tertiary/aromatic N) is 5. The summed E-state index contributed by atoms with van der Waals surface area (Å²) in [6.07, 6.45) is 0.776. The van der Waals surface area contributed by atoms with Crippen LogP contribution in [-0.2, 0) is 28.1 Å². The maximum absolute atomic E-state index is 11.7. The van der Waals surface area contributed by atoms with Crippen LogP contribution in [-0.4, -0.2) is 33.0 Å². The molecular weight excluding hydrogens is 314 g/mol. The molecule has 0 aromatic carbocycles. The van der Waals surface area contributed by atoms with Gasteiger partial charge >= 0.3 is 0 Å². The van der Waals surface area contributed by atoms with E-state index in [1.165, 1.54) is 4.57 Å². The molecule has 21 heavy (non-hydrogen) atoms. The van der Waals surface area contributed by atoms with Crippen LogP contribution < -0.4 is 0 Å². The minimum absolute atomic E-state index is 0.258. The van der Waals surface area contributed by atoms with Crippen molar-refractivity contribution in [1.82, 2.24) is 24.5 Å². The van der Waals surface area contributed by atoms with Crippen molar-refractivity contribution in [2.75, 3.05) is 0 Å². The first-order valence-corrected chi connectivity index (χ1v) is 8.80. The fourth-order valence-corrected chi connectivity index (χ4v) is 3.12. The molecule has 0 saturated carbocycles. The van der Waals surface area contributed by atoms with Crippen LogP contribution in [0.1, 0.15) is 33.4 Å². The second kappa shape index (κ2) is 5.10. The summed E-state index contributed by atoms with van der Waals surface area (Å²) in [6.45, 7) is 7.59. The summed E-state index contributed by atoms with van der Waals surface area (Å²) in [4.78, 5) is 0. The molecule has 0 unspecified atom stereocenters. The van der Waals surface area contributed by atoms with Crippen molar-refractivity contribution < 1.29 is 8.42 Å². The molecule has 2 rings (SSSR count). The van der Waals surface area contributed by atoms with E-state index in [2.05, 4.69) is 15.3 Å². The van der Waals surface area contributed by atoms with Crippen LogP contribution in [0.2, 0.25) is 0 Å². The lowest BCUT2D eigenvalue weighted by Crippen LogP contribution is -2.26. The third kappa shape index (κ3) is 2.96. The average molecular weight is 332 g/mol. The minimum atomic E-state index is -3.98. The maximum atomic E-state index is 11.7. The van der Waals surface area contributed by atoms with E-state index in [9.17, 15) is 8.42 Å². The lowest BCUT2D eigenvalue weighted by atomic mass is 10.1. The maximum Gasteiger partial charge on any atom is 0.296 e. The highest BCUT2D eigenvalue weighted by Crippen LogP contribution is 2.29. The van der Waals surface area contributed by atoms with Gasteiger partial charge in [-0.2, -0.15) is 5.10 Å². The van der Waals surface area contributed by atoms with Crippen molar-refractivity contribution >= 4 is 19.7 Å². The highest BCUT2D eigenvalue weighted by atomic mass is 35.7. The molecule has 0 saturated heterocycles. The van der Waals surface area contributed by atoms with Gasteiger partial charge in [0.05, 0.1) is 5.69 Å². The van der Waals surface area contributed by atoms with Gasteiger partial charge in [-0.15, -0.1) is 10.2 Å². The van der Waals surface area contributed by atoms with Gasteiger partial charge in [0.25, 0.3) is 14.2 Å². The molecule has 0 aliphatic heterocycles. The first-order chi connectivity index (χ1) is 9.55. The molecule has 2 aromatic heterocycles. The zero-order valence-electron chi connectivity index (χ0n) is 12.6. The van der Waals surface area contributed by atoms with E-state index in [1.807, 2.05) is 33.8 Å². The molecule has 9 heteroatoms. The molecule has 0 N–H and O–H groups in total. The van der Waals surface area contributed by atoms with Crippen molar-refractivity contribution in [3.05, 3.63) is 11.8 Å². The molecule has 7 nitrogen and oxygen atoms in total. The van der Waals surface area contributed by atoms with Crippen molar-refractivity contribution in [3.63, 3.8) is 0 Å². The molecule has 0 bridgehead atoms. The van der Waals surface area contributed by atoms with Crippen LogP contribution in [0.15, 0.2) is 11.2 Å². The van der Waals surface area contributed by atoms with Gasteiger partial charge in [0.2, 0.25) is 0 Å². The monoisotopic (exact) mass is 331 g/mol. The summed E-state index contributed by atoms with van der Waals surface area (Å²) < 4.78 is 26.6. The Hall–Kier alpha value is -1.41. The summed E-state index contributed by atoms with van der Waals surface area (Å²) in [5.74, 6) is 0.427. The first kappa shape index (κ1) is 16.0. The molecule has 116 valence electrons. The summed E-state index contributed by atoms with van der Waals surface area (Å²) in [7, 11) is 3.27. The molecule has 0 aliphatic carbocycles. The van der Waals surface area contributed by atoms with Gasteiger partial charge in [0.1, 0.15) is 5.69 Å². The normalized spacial score (nSPS) is 12.9. The zero-order chi connectivity index (χ0) is 16.0. The van der Waals surface area contributed by atoms with E-state index in [0.717, 1.165) is 12.1 Å². The number of aryl methyl sites for hydroxylation is 2. The summed E-state index contributed by atoms with van der Waals surface area (Å²) in [5.41, 5.74) is 1.04. The van der Waals surface area contributed by atoms with Gasteiger partial charge < -0.3 is 0 Å². The zero-order valence-corrected chi connectivity index (χ0v) is 14.2. The van der Waals surface area contributed by atoms with Crippen LogP contribution in [0.3, 0.4) is 0 Å². The molecule has 0 fully saturated rings. The average Bonchev–Trinajstić information content (AvgIpc) is 2.89. The topological polar surface area (TPSA) is 82.7 Å². The van der Waals surface area contributed by atoms with Crippen LogP contribution in [0.4, 0.5) is 0 Å². The third-order valence-electron chi connectivity index (χ3n) is 3.04. The number of hydrogen-bond acceptors (Lipinski definition) is 5. The lowest BCUT2D eigenvalue weighted by Gasteiger charge is -2.23. The summed E-state index contributed by atoms with van der Waals surface area (Å²) in [5, 5.41) is 11.9. The van der Waals surface area contributed by atoms with Gasteiger partial charge in [-0.1, -0.05) is 6.92 Å². The van der Waals surface area contributed by atoms with Crippen LogP contribution in [0, 0.1) is 0 Å². The molecule has 0 radical (unpaired) electrons. The fourth-order valence-electron chi connectivity index (χ4n) is 2.11. The molecular formula is C12H18ClN5O2S. The molecule has 0 amide bonds. The Balaban J connectivity index is 2.76. The van der Waals surface area contributed by atoms with E-state index >= 15 is 0 Å². The summed E-state index contributed by atoms with van der Waals surface area (Å²) >= 11 is 0. The van der Waals surface area contributed by atoms with Crippen LogP contribution >= 0.6 is 10.7 Å². The van der Waals surface area contributed by atoms with Gasteiger partial charge in [0, 0.05) is 23.3 Å². The largest absolute Gasteiger partial charge is 0.296 e. The lowest BCUT2D eigenvalue weighted by molar-refractivity contribution is 0.366. The Kier molecular flexibility index (Phi) is 3.88. The quantitative estimate of drug-likeness (QED) is 0.802. The number of rotatable bonds is 3. The Morgan fingerprint density at radius 3 is 2.33 bits per heavy atom. The van der Waals surface area contributed by atoms with E-state index in [4.69, 9.17) is 10.7 Å². The van der Waals surface area contributed by atoms with Crippen molar-refractivity contribution in [1.29, 1.82) is 0 Å². The van der Waals surface area contributed by atoms with E-state index in [1.54, 1.807) is 11.7 Å². The Bertz CT molecular complexity index is 770. The van der Waals surface area contributed by atoms with Gasteiger partial charge in [0.15, 0.2) is 5.82 Å². The molecule has 2 heterocycles. The SMILES string of the molecule is CCc1cc(-c2nnc(S(=O)(=O)Cl)n2C(C)(C)C)n(C)n1. The predicted molar refractivity (Wildman–Crippen MR) is 79.6 cm³/mol. The predicted octanol–water partition coefficient (Wildman–Crippen LogP) is 1.92. The number of hydrogen-bond donors (Lipinski definition) is 0. The second-order valence-corrected chi connectivity index (χ2v) is 8.21. The smallest absolute Gasteiger partial charge is 0.290 e. The molecule has 0 spiro atoms. The van der Waals surface area contributed by atoms with Crippen molar-refractivity contribution in [2.24, 2.45) is 7.05 Å². The first-order valence-electron chi connectivity index (χ1n) is 6.49. The van der Waals surface area contributed by atoms with E-state index in [-0.39, 0.29) is 5.16 Å². The molecule has 2 aromatic rings. The summed E-state index contributed by atoms with van der Waals surface area (Å²) in [6, 6.07) is 1.87. The molecule has 0 aliphatic rings. The minimum Gasteiger partial charge on any atom is -0.290 e. The van der Waals surface area contributed by atoms with Crippen LogP contribution in [0.25, 0.3) is 11.5 Å². The van der Waals surface area contributed by atoms with Crippen molar-refractivity contribution in [3.8, 4) is 11.5 Å². The van der Waals surface area contributed by atoms with Crippen molar-refractivity contribution in [2.45, 2.75) is 44.8 Å². The fraction of sp³-hybridized carbons (Fsp3) is 0.583. The Morgan fingerprint density at radius 1 is 1.29 bits per heavy atom. The van der Waals surface area contributed by atoms with Crippen LogP contribution in [0.5, 0.6) is 0 Å². The van der Waals surface area contributed by atoms with Gasteiger partial charge in [-0.05, 0) is 33.3 Å². The van der Waals surface area contributed by atoms with Gasteiger partial charge in [-0.25, -0.2) is 8.42 Å². The van der Waals surface area contributed by atoms with E-state index < -0.39 is 14.6 Å². The Morgan fingerprint density at radius 2 is 1.90 bits per heavy atom. The highest BCUT2D eigenvalue weighted by molar-refractivity contribution is 8.13. The second-order valence-electron chi connectivity index (χ2n) is 5.75. The molecule has 0 atom stereocenters. The number of halogens is 1.